The summed E-state index contributed by atoms with van der Waals surface area (Å²) in [5.74, 6) is 0. The second-order valence-corrected chi connectivity index (χ2v) is 2.82. The van der Waals surface area contributed by atoms with Crippen molar-refractivity contribution in [1.82, 2.24) is 5.32 Å². The van der Waals surface area contributed by atoms with Gasteiger partial charge in [0.05, 0.1) is 18.8 Å². The number of hydrogen-bond acceptors (Lipinski definition) is 3. The summed E-state index contributed by atoms with van der Waals surface area (Å²) in [5.41, 5.74) is 0. The van der Waals surface area contributed by atoms with Crippen LogP contribution in [0, 0.1) is 0 Å². The van der Waals surface area contributed by atoms with Gasteiger partial charge in [-0.2, -0.15) is 0 Å². The number of alkyl halides is 1. The lowest BCUT2D eigenvalue weighted by molar-refractivity contribution is 0.0496. The molecule has 0 aliphatic carbocycles. The van der Waals surface area contributed by atoms with Gasteiger partial charge in [-0.05, 0) is 0 Å². The van der Waals surface area contributed by atoms with Gasteiger partial charge in [0.15, 0.2) is 0 Å². The molecule has 2 fully saturated rings. The number of fused-ring (bicyclic) bond motifs is 1. The number of hydrogen-bond donors (Lipinski definition) is 2. The maximum absolute atomic E-state index is 12.8. The molecule has 0 aromatic carbocycles. The Morgan fingerprint density at radius 2 is 2.40 bits per heavy atom. The summed E-state index contributed by atoms with van der Waals surface area (Å²) < 4.78 is 17.8. The molecule has 2 aliphatic rings. The van der Waals surface area contributed by atoms with Crippen LogP contribution < -0.4 is 5.32 Å². The van der Waals surface area contributed by atoms with Crippen LogP contribution >= 0.6 is 0 Å². The van der Waals surface area contributed by atoms with Crippen molar-refractivity contribution in [1.29, 1.82) is 0 Å². The van der Waals surface area contributed by atoms with Crippen LogP contribution in [-0.2, 0) is 4.74 Å². The zero-order valence-electron chi connectivity index (χ0n) is 5.46. The number of nitrogens with one attached hydrogen (secondary N) is 1. The summed E-state index contributed by atoms with van der Waals surface area (Å²) in [5, 5.41) is 12.0. The van der Waals surface area contributed by atoms with E-state index >= 15 is 0 Å². The smallest absolute Gasteiger partial charge is 0.140 e. The van der Waals surface area contributed by atoms with Crippen molar-refractivity contribution in [2.24, 2.45) is 0 Å². The second kappa shape index (κ2) is 2.15. The first-order valence-electron chi connectivity index (χ1n) is 3.46. The van der Waals surface area contributed by atoms with Crippen molar-refractivity contribution < 1.29 is 14.2 Å². The van der Waals surface area contributed by atoms with E-state index in [1.165, 1.54) is 0 Å². The highest BCUT2D eigenvalue weighted by atomic mass is 19.1. The van der Waals surface area contributed by atoms with E-state index in [4.69, 9.17) is 9.84 Å². The molecule has 0 amide bonds. The Kier molecular flexibility index (Phi) is 1.40. The molecule has 0 aromatic rings. The van der Waals surface area contributed by atoms with Crippen LogP contribution in [0.3, 0.4) is 0 Å². The monoisotopic (exact) mass is 147 g/mol. The zero-order valence-corrected chi connectivity index (χ0v) is 5.46. The van der Waals surface area contributed by atoms with E-state index in [2.05, 4.69) is 5.32 Å². The molecule has 0 bridgehead atoms. The van der Waals surface area contributed by atoms with Gasteiger partial charge in [-0.15, -0.1) is 0 Å². The van der Waals surface area contributed by atoms with E-state index in [-0.39, 0.29) is 12.6 Å². The van der Waals surface area contributed by atoms with Gasteiger partial charge in [0.1, 0.15) is 12.3 Å². The largest absolute Gasteiger partial charge is 0.389 e. The van der Waals surface area contributed by atoms with Crippen molar-refractivity contribution in [3.05, 3.63) is 0 Å². The lowest BCUT2D eigenvalue weighted by atomic mass is 10.1. The second-order valence-electron chi connectivity index (χ2n) is 2.82. The Morgan fingerprint density at radius 3 is 3.10 bits per heavy atom. The van der Waals surface area contributed by atoms with Gasteiger partial charge < -0.3 is 15.2 Å². The standard InChI is InChI=1S/C6H10FNO2/c7-3-1-8-5-4(9)2-10-6(3)5/h3-6,8-9H,1-2H2/t3-,4-,5?,6?/m0/s1. The first-order chi connectivity index (χ1) is 4.79. The molecule has 2 heterocycles. The summed E-state index contributed by atoms with van der Waals surface area (Å²) in [4.78, 5) is 0. The third kappa shape index (κ3) is 0.761. The Morgan fingerprint density at radius 1 is 1.60 bits per heavy atom. The molecule has 3 nitrogen and oxygen atoms in total. The molecule has 0 radical (unpaired) electrons. The maximum Gasteiger partial charge on any atom is 0.140 e. The highest BCUT2D eigenvalue weighted by molar-refractivity contribution is 4.99. The Bertz CT molecular complexity index is 128. The van der Waals surface area contributed by atoms with E-state index in [0.717, 1.165) is 0 Å². The van der Waals surface area contributed by atoms with Crippen molar-refractivity contribution in [3.8, 4) is 0 Å². The highest BCUT2D eigenvalue weighted by Crippen LogP contribution is 2.23. The number of aliphatic hydroxyl groups excluding tert-OH is 1. The van der Waals surface area contributed by atoms with E-state index in [1.54, 1.807) is 0 Å². The van der Waals surface area contributed by atoms with E-state index in [0.29, 0.717) is 6.54 Å². The summed E-state index contributed by atoms with van der Waals surface area (Å²) in [6, 6.07) is -0.171. The van der Waals surface area contributed by atoms with Crippen LogP contribution in [0.25, 0.3) is 0 Å². The minimum Gasteiger partial charge on any atom is -0.389 e. The molecule has 2 saturated heterocycles. The fourth-order valence-corrected chi connectivity index (χ4v) is 1.58. The third-order valence-corrected chi connectivity index (χ3v) is 2.13. The van der Waals surface area contributed by atoms with Crippen LogP contribution in [0.2, 0.25) is 0 Å². The summed E-state index contributed by atoms with van der Waals surface area (Å²) in [6.07, 6.45) is -1.87. The van der Waals surface area contributed by atoms with Crippen molar-refractivity contribution in [2.45, 2.75) is 24.4 Å². The highest BCUT2D eigenvalue weighted by Gasteiger charge is 2.45. The molecule has 2 aliphatic heterocycles. The average Bonchev–Trinajstić information content (AvgIpc) is 2.41. The van der Waals surface area contributed by atoms with Gasteiger partial charge in [-0.25, -0.2) is 4.39 Å². The maximum atomic E-state index is 12.8. The predicted octanol–water partition coefficient (Wildman–Crippen LogP) is -0.944. The van der Waals surface area contributed by atoms with Crippen LogP contribution in [0.15, 0.2) is 0 Å². The van der Waals surface area contributed by atoms with Crippen molar-refractivity contribution >= 4 is 0 Å². The normalized spacial score (nSPS) is 53.4. The van der Waals surface area contributed by atoms with Gasteiger partial charge in [0.2, 0.25) is 0 Å². The van der Waals surface area contributed by atoms with E-state index < -0.39 is 18.4 Å². The molecule has 10 heavy (non-hydrogen) atoms. The Hall–Kier alpha value is -0.190. The molecule has 4 atom stereocenters. The third-order valence-electron chi connectivity index (χ3n) is 2.13. The van der Waals surface area contributed by atoms with Crippen LogP contribution in [0.1, 0.15) is 0 Å². The zero-order chi connectivity index (χ0) is 7.14. The van der Waals surface area contributed by atoms with Crippen LogP contribution in [-0.4, -0.2) is 42.7 Å². The summed E-state index contributed by atoms with van der Waals surface area (Å²) in [6.45, 7) is 0.579. The molecule has 58 valence electrons. The van der Waals surface area contributed by atoms with Gasteiger partial charge >= 0.3 is 0 Å². The van der Waals surface area contributed by atoms with E-state index in [9.17, 15) is 4.39 Å². The molecule has 4 heteroatoms. The van der Waals surface area contributed by atoms with Crippen molar-refractivity contribution in [3.63, 3.8) is 0 Å². The fraction of sp³-hybridized carbons (Fsp3) is 1.00. The first kappa shape index (κ1) is 6.52. The number of aliphatic hydroxyl groups is 1. The van der Waals surface area contributed by atoms with Gasteiger partial charge in [0.25, 0.3) is 0 Å². The average molecular weight is 147 g/mol. The van der Waals surface area contributed by atoms with Gasteiger partial charge in [-0.3, -0.25) is 0 Å². The molecule has 0 saturated carbocycles. The quantitative estimate of drug-likeness (QED) is 0.464. The van der Waals surface area contributed by atoms with Crippen LogP contribution in [0.5, 0.6) is 0 Å². The molecule has 2 rings (SSSR count). The lowest BCUT2D eigenvalue weighted by Crippen LogP contribution is -2.36. The summed E-state index contributed by atoms with van der Waals surface area (Å²) in [7, 11) is 0. The van der Waals surface area contributed by atoms with Crippen molar-refractivity contribution in [2.75, 3.05) is 13.2 Å². The summed E-state index contributed by atoms with van der Waals surface area (Å²) >= 11 is 0. The van der Waals surface area contributed by atoms with Crippen LogP contribution in [0.4, 0.5) is 4.39 Å². The molecular weight excluding hydrogens is 137 g/mol. The topological polar surface area (TPSA) is 41.5 Å². The molecule has 2 N–H and O–H groups in total. The van der Waals surface area contributed by atoms with Gasteiger partial charge in [-0.1, -0.05) is 0 Å². The van der Waals surface area contributed by atoms with Gasteiger partial charge in [0, 0.05) is 6.54 Å². The number of halogens is 1. The molecular formula is C6H10FNO2. The first-order valence-corrected chi connectivity index (χ1v) is 3.46. The Labute approximate surface area is 58.2 Å². The minimum atomic E-state index is -0.942. The SMILES string of the molecule is O[C@H]1COC2C1NC[C@@H]2F. The number of rotatable bonds is 0. The fourth-order valence-electron chi connectivity index (χ4n) is 1.58. The molecule has 2 unspecified atom stereocenters. The van der Waals surface area contributed by atoms with E-state index in [1.807, 2.05) is 0 Å². The Balaban J connectivity index is 2.09. The molecule has 0 aromatic heterocycles. The number of ether oxygens (including phenoxy) is 1. The molecule has 0 spiro atoms. The predicted molar refractivity (Wildman–Crippen MR) is 32.4 cm³/mol. The lowest BCUT2D eigenvalue weighted by Gasteiger charge is -2.09. The minimum absolute atomic E-state index is 0.171.